The second-order valence-corrected chi connectivity index (χ2v) is 5.17. The van der Waals surface area contributed by atoms with Crippen LogP contribution in [0, 0.1) is 11.6 Å². The zero-order valence-electron chi connectivity index (χ0n) is 10.2. The van der Waals surface area contributed by atoms with Crippen molar-refractivity contribution < 1.29 is 13.2 Å². The van der Waals surface area contributed by atoms with E-state index in [9.17, 15) is 8.78 Å². The summed E-state index contributed by atoms with van der Waals surface area (Å²) in [6.45, 7) is 0.288. The Morgan fingerprint density at radius 2 is 2.00 bits per heavy atom. The lowest BCUT2D eigenvalue weighted by atomic mass is 10.3. The second-order valence-electron chi connectivity index (χ2n) is 3.90. The Hall–Kier alpha value is -1.20. The highest BCUT2D eigenvalue weighted by atomic mass is 35.5. The fourth-order valence-corrected chi connectivity index (χ4v) is 2.32. The number of nitrogens with one attached hydrogen (secondary N) is 1. The van der Waals surface area contributed by atoms with Crippen LogP contribution >= 0.6 is 23.4 Å². The standard InChI is InChI=1S/C13H12ClF2NOS/c1-19-7-10-3-2-9(18-10)6-17-13-11(14)4-8(15)5-12(13)16/h2-5,17H,6-7H2,1H3. The van der Waals surface area contributed by atoms with Gasteiger partial charge in [0.1, 0.15) is 17.3 Å². The van der Waals surface area contributed by atoms with Gasteiger partial charge in [-0.25, -0.2) is 8.78 Å². The van der Waals surface area contributed by atoms with Crippen LogP contribution in [0.5, 0.6) is 0 Å². The molecule has 1 heterocycles. The first kappa shape index (κ1) is 14.2. The molecule has 6 heteroatoms. The number of rotatable bonds is 5. The van der Waals surface area contributed by atoms with Crippen molar-refractivity contribution in [1.82, 2.24) is 0 Å². The summed E-state index contributed by atoms with van der Waals surface area (Å²) in [6.07, 6.45) is 1.98. The second kappa shape index (κ2) is 6.30. The van der Waals surface area contributed by atoms with Crippen molar-refractivity contribution in [2.24, 2.45) is 0 Å². The maximum atomic E-state index is 13.5. The Morgan fingerprint density at radius 3 is 2.68 bits per heavy atom. The van der Waals surface area contributed by atoms with Crippen molar-refractivity contribution >= 4 is 29.1 Å². The van der Waals surface area contributed by atoms with Gasteiger partial charge in [-0.05, 0) is 24.5 Å². The third kappa shape index (κ3) is 3.64. The Labute approximate surface area is 119 Å². The number of benzene rings is 1. The van der Waals surface area contributed by atoms with Gasteiger partial charge in [-0.1, -0.05) is 11.6 Å². The van der Waals surface area contributed by atoms with Crippen molar-refractivity contribution in [1.29, 1.82) is 0 Å². The zero-order chi connectivity index (χ0) is 13.8. The predicted molar refractivity (Wildman–Crippen MR) is 74.6 cm³/mol. The van der Waals surface area contributed by atoms with E-state index in [-0.39, 0.29) is 17.3 Å². The van der Waals surface area contributed by atoms with Gasteiger partial charge < -0.3 is 9.73 Å². The monoisotopic (exact) mass is 303 g/mol. The highest BCUT2D eigenvalue weighted by Crippen LogP contribution is 2.27. The van der Waals surface area contributed by atoms with E-state index in [4.69, 9.17) is 16.0 Å². The Bertz CT molecular complexity index is 551. The van der Waals surface area contributed by atoms with Crippen LogP contribution in [0.1, 0.15) is 11.5 Å². The summed E-state index contributed by atoms with van der Waals surface area (Å²) < 4.78 is 31.9. The van der Waals surface area contributed by atoms with Crippen LogP contribution < -0.4 is 5.32 Å². The minimum Gasteiger partial charge on any atom is -0.463 e. The average Bonchev–Trinajstić information content (AvgIpc) is 2.76. The quantitative estimate of drug-likeness (QED) is 0.867. The number of thioether (sulfide) groups is 1. The molecule has 2 rings (SSSR count). The van der Waals surface area contributed by atoms with Gasteiger partial charge in [0, 0.05) is 6.07 Å². The van der Waals surface area contributed by atoms with Crippen LogP contribution in [-0.2, 0) is 12.3 Å². The van der Waals surface area contributed by atoms with E-state index in [1.807, 2.05) is 18.4 Å². The third-order valence-electron chi connectivity index (χ3n) is 2.45. The fraction of sp³-hybridized carbons (Fsp3) is 0.231. The summed E-state index contributed by atoms with van der Waals surface area (Å²) in [7, 11) is 0. The number of anilines is 1. The summed E-state index contributed by atoms with van der Waals surface area (Å²) >= 11 is 7.43. The van der Waals surface area contributed by atoms with Crippen molar-refractivity contribution in [3.8, 4) is 0 Å². The van der Waals surface area contributed by atoms with E-state index >= 15 is 0 Å². The number of furan rings is 1. The van der Waals surface area contributed by atoms with E-state index in [1.165, 1.54) is 0 Å². The molecule has 0 unspecified atom stereocenters. The molecular weight excluding hydrogens is 292 g/mol. The first-order chi connectivity index (χ1) is 9.10. The number of hydrogen-bond donors (Lipinski definition) is 1. The molecule has 0 amide bonds. The Morgan fingerprint density at radius 1 is 1.26 bits per heavy atom. The minimum atomic E-state index is -0.721. The maximum absolute atomic E-state index is 13.5. The first-order valence-corrected chi connectivity index (χ1v) is 7.32. The van der Waals surface area contributed by atoms with Gasteiger partial charge in [-0.3, -0.25) is 0 Å². The minimum absolute atomic E-state index is 0.00777. The lowest BCUT2D eigenvalue weighted by molar-refractivity contribution is 0.487. The normalized spacial score (nSPS) is 10.7. The van der Waals surface area contributed by atoms with Crippen LogP contribution in [-0.4, -0.2) is 6.26 Å². The largest absolute Gasteiger partial charge is 0.463 e. The molecule has 0 aliphatic heterocycles. The van der Waals surface area contributed by atoms with Crippen LogP contribution in [0.25, 0.3) is 0 Å². The first-order valence-electron chi connectivity index (χ1n) is 5.55. The van der Waals surface area contributed by atoms with Gasteiger partial charge in [0.15, 0.2) is 5.82 Å². The molecule has 102 valence electrons. The van der Waals surface area contributed by atoms with E-state index in [1.54, 1.807) is 11.8 Å². The summed E-state index contributed by atoms with van der Waals surface area (Å²) in [4.78, 5) is 0. The molecule has 0 saturated carbocycles. The van der Waals surface area contributed by atoms with Gasteiger partial charge in [-0.15, -0.1) is 0 Å². The van der Waals surface area contributed by atoms with Crippen LogP contribution in [0.2, 0.25) is 5.02 Å². The molecule has 2 aromatic rings. The van der Waals surface area contributed by atoms with Crippen molar-refractivity contribution in [3.63, 3.8) is 0 Å². The molecule has 0 spiro atoms. The van der Waals surface area contributed by atoms with E-state index in [0.717, 1.165) is 23.6 Å². The molecule has 1 aromatic heterocycles. The maximum Gasteiger partial charge on any atom is 0.150 e. The molecule has 1 N–H and O–H groups in total. The summed E-state index contributed by atoms with van der Waals surface area (Å²) in [6, 6.07) is 5.54. The van der Waals surface area contributed by atoms with E-state index in [0.29, 0.717) is 5.76 Å². The molecule has 0 radical (unpaired) electrons. The summed E-state index contributed by atoms with van der Waals surface area (Å²) in [5.74, 6) is 0.888. The van der Waals surface area contributed by atoms with E-state index in [2.05, 4.69) is 5.32 Å². The number of hydrogen-bond acceptors (Lipinski definition) is 3. The molecule has 2 nitrogen and oxygen atoms in total. The van der Waals surface area contributed by atoms with Gasteiger partial charge >= 0.3 is 0 Å². The van der Waals surface area contributed by atoms with Crippen molar-refractivity contribution in [2.45, 2.75) is 12.3 Å². The lowest BCUT2D eigenvalue weighted by Crippen LogP contribution is -2.02. The molecule has 0 saturated heterocycles. The lowest BCUT2D eigenvalue weighted by Gasteiger charge is -2.08. The highest BCUT2D eigenvalue weighted by molar-refractivity contribution is 7.97. The van der Waals surface area contributed by atoms with E-state index < -0.39 is 11.6 Å². The molecular formula is C13H12ClF2NOS. The van der Waals surface area contributed by atoms with Gasteiger partial charge in [0.2, 0.25) is 0 Å². The molecule has 0 aliphatic carbocycles. The SMILES string of the molecule is CSCc1ccc(CNc2c(F)cc(F)cc2Cl)o1. The molecule has 0 atom stereocenters. The van der Waals surface area contributed by atoms with Crippen LogP contribution in [0.3, 0.4) is 0 Å². The molecule has 0 bridgehead atoms. The summed E-state index contributed by atoms with van der Waals surface area (Å²) in [5.41, 5.74) is 0.0749. The smallest absolute Gasteiger partial charge is 0.150 e. The Balaban J connectivity index is 2.05. The molecule has 0 fully saturated rings. The topological polar surface area (TPSA) is 25.2 Å². The predicted octanol–water partition coefficient (Wildman–Crippen LogP) is 4.69. The van der Waals surface area contributed by atoms with Crippen LogP contribution in [0.4, 0.5) is 14.5 Å². The van der Waals surface area contributed by atoms with Crippen molar-refractivity contribution in [3.05, 3.63) is 52.4 Å². The Kier molecular flexibility index (Phi) is 4.71. The molecule has 1 aromatic carbocycles. The number of halogens is 3. The van der Waals surface area contributed by atoms with Gasteiger partial charge in [0.05, 0.1) is 23.0 Å². The van der Waals surface area contributed by atoms with Crippen molar-refractivity contribution in [2.75, 3.05) is 11.6 Å². The van der Waals surface area contributed by atoms with Gasteiger partial charge in [0.25, 0.3) is 0 Å². The highest BCUT2D eigenvalue weighted by Gasteiger charge is 2.10. The average molecular weight is 304 g/mol. The third-order valence-corrected chi connectivity index (χ3v) is 3.32. The summed E-state index contributed by atoms with van der Waals surface area (Å²) in [5, 5.41) is 2.81. The molecule has 0 aliphatic rings. The molecule has 19 heavy (non-hydrogen) atoms. The fourth-order valence-electron chi connectivity index (χ4n) is 1.62. The van der Waals surface area contributed by atoms with Crippen LogP contribution in [0.15, 0.2) is 28.7 Å². The van der Waals surface area contributed by atoms with Gasteiger partial charge in [-0.2, -0.15) is 11.8 Å². The zero-order valence-corrected chi connectivity index (χ0v) is 11.7.